The number of aromatic nitrogens is 2. The molecule has 2 aliphatic carbocycles. The number of benzene rings is 1. The first-order valence-electron chi connectivity index (χ1n) is 17.1. The van der Waals surface area contributed by atoms with Crippen LogP contribution in [0.5, 0.6) is 5.75 Å². The first-order chi connectivity index (χ1) is 22.5. The molecule has 254 valence electrons. The van der Waals surface area contributed by atoms with E-state index in [4.69, 9.17) is 23.9 Å². The Morgan fingerprint density at radius 1 is 0.891 bits per heavy atom. The number of carbonyl (C=O) groups is 2. The van der Waals surface area contributed by atoms with Gasteiger partial charge in [-0.25, -0.2) is 4.98 Å². The zero-order valence-electron chi connectivity index (χ0n) is 27.8. The van der Waals surface area contributed by atoms with E-state index < -0.39 is 0 Å². The van der Waals surface area contributed by atoms with Crippen LogP contribution < -0.4 is 15.4 Å². The van der Waals surface area contributed by atoms with Crippen molar-refractivity contribution in [3.63, 3.8) is 0 Å². The van der Waals surface area contributed by atoms with Gasteiger partial charge >= 0.3 is 0 Å². The van der Waals surface area contributed by atoms with Gasteiger partial charge in [-0.15, -0.1) is 0 Å². The lowest BCUT2D eigenvalue weighted by Crippen LogP contribution is -2.38. The van der Waals surface area contributed by atoms with Gasteiger partial charge in [-0.05, 0) is 75.1 Å². The van der Waals surface area contributed by atoms with Gasteiger partial charge < -0.3 is 34.5 Å². The molecular formula is C35H53N5O6. The molecule has 1 amide bonds. The van der Waals surface area contributed by atoms with Gasteiger partial charge in [0.25, 0.3) is 0 Å². The summed E-state index contributed by atoms with van der Waals surface area (Å²) in [5, 5.41) is 6.77. The highest BCUT2D eigenvalue weighted by atomic mass is 16.5. The fourth-order valence-corrected chi connectivity index (χ4v) is 4.98. The van der Waals surface area contributed by atoms with Crippen LogP contribution in [0.2, 0.25) is 0 Å². The SMILES string of the molecule is CCC(=O)COCCCOCCCCOCCCOc1ccc(Nc2ncc(C3CC3)c(NCCN(C)C(=O)C3CCC3)n2)cc1. The van der Waals surface area contributed by atoms with Crippen molar-refractivity contribution < 1.29 is 28.5 Å². The van der Waals surface area contributed by atoms with Crippen LogP contribution in [-0.2, 0) is 23.8 Å². The summed E-state index contributed by atoms with van der Waals surface area (Å²) < 4.78 is 22.5. The fourth-order valence-electron chi connectivity index (χ4n) is 4.98. The van der Waals surface area contributed by atoms with E-state index in [1.54, 1.807) is 0 Å². The summed E-state index contributed by atoms with van der Waals surface area (Å²) in [6.45, 7) is 7.23. The first kappa shape index (κ1) is 35.6. The van der Waals surface area contributed by atoms with Crippen molar-refractivity contribution in [2.24, 2.45) is 5.92 Å². The number of hydrogen-bond donors (Lipinski definition) is 2. The third-order valence-corrected chi connectivity index (χ3v) is 8.28. The van der Waals surface area contributed by atoms with Crippen molar-refractivity contribution in [1.29, 1.82) is 0 Å². The van der Waals surface area contributed by atoms with Crippen LogP contribution in [0.1, 0.15) is 82.6 Å². The molecule has 2 aliphatic rings. The number of ether oxygens (including phenoxy) is 4. The zero-order chi connectivity index (χ0) is 32.4. The van der Waals surface area contributed by atoms with E-state index in [9.17, 15) is 9.59 Å². The third kappa shape index (κ3) is 12.8. The van der Waals surface area contributed by atoms with Gasteiger partial charge in [0.1, 0.15) is 18.2 Å². The van der Waals surface area contributed by atoms with Gasteiger partial charge in [-0.1, -0.05) is 13.3 Å². The van der Waals surface area contributed by atoms with E-state index in [2.05, 4.69) is 15.6 Å². The van der Waals surface area contributed by atoms with Crippen molar-refractivity contribution in [2.45, 2.75) is 77.0 Å². The molecule has 2 fully saturated rings. The summed E-state index contributed by atoms with van der Waals surface area (Å²) in [5.41, 5.74) is 2.03. The molecular weight excluding hydrogens is 586 g/mol. The maximum atomic E-state index is 12.5. The lowest BCUT2D eigenvalue weighted by atomic mass is 9.84. The first-order valence-corrected chi connectivity index (χ1v) is 17.1. The molecule has 2 N–H and O–H groups in total. The summed E-state index contributed by atoms with van der Waals surface area (Å²) >= 11 is 0. The van der Waals surface area contributed by atoms with E-state index in [1.807, 2.05) is 49.3 Å². The Labute approximate surface area is 274 Å². The van der Waals surface area contributed by atoms with E-state index in [1.165, 1.54) is 0 Å². The summed E-state index contributed by atoms with van der Waals surface area (Å²) in [5.74, 6) is 3.31. The zero-order valence-corrected chi connectivity index (χ0v) is 27.8. The van der Waals surface area contributed by atoms with E-state index in [0.29, 0.717) is 71.0 Å². The molecule has 1 heterocycles. The molecule has 0 spiro atoms. The average Bonchev–Trinajstić information content (AvgIpc) is 3.88. The average molecular weight is 640 g/mol. The van der Waals surface area contributed by atoms with Crippen molar-refractivity contribution in [3.05, 3.63) is 36.0 Å². The molecule has 2 aromatic rings. The number of anilines is 3. The van der Waals surface area contributed by atoms with Crippen LogP contribution in [0, 0.1) is 5.92 Å². The quantitative estimate of drug-likeness (QED) is 0.130. The molecule has 0 aliphatic heterocycles. The highest BCUT2D eigenvalue weighted by molar-refractivity contribution is 5.79. The van der Waals surface area contributed by atoms with Crippen molar-refractivity contribution in [1.82, 2.24) is 14.9 Å². The maximum Gasteiger partial charge on any atom is 0.229 e. The number of rotatable bonds is 25. The number of Topliss-reactive ketones (excluding diaryl/α,β-unsaturated/α-hetero) is 1. The van der Waals surface area contributed by atoms with Gasteiger partial charge in [0.05, 0.1) is 6.61 Å². The van der Waals surface area contributed by atoms with E-state index in [-0.39, 0.29) is 24.2 Å². The predicted molar refractivity (Wildman–Crippen MR) is 179 cm³/mol. The highest BCUT2D eigenvalue weighted by Crippen LogP contribution is 2.42. The number of nitrogens with one attached hydrogen (secondary N) is 2. The van der Waals surface area contributed by atoms with Crippen molar-refractivity contribution >= 4 is 29.1 Å². The molecule has 0 bridgehead atoms. The largest absolute Gasteiger partial charge is 0.494 e. The molecule has 11 nitrogen and oxygen atoms in total. The molecule has 0 atom stereocenters. The Bertz CT molecular complexity index is 1190. The smallest absolute Gasteiger partial charge is 0.229 e. The second-order valence-electron chi connectivity index (χ2n) is 12.2. The number of likely N-dealkylation sites (N-methyl/N-ethyl adjacent to an activating group) is 1. The Hall–Kier alpha value is -3.28. The van der Waals surface area contributed by atoms with E-state index in [0.717, 1.165) is 80.6 Å². The number of nitrogens with zero attached hydrogens (tertiary/aromatic N) is 3. The molecule has 11 heteroatoms. The normalized spacial score (nSPS) is 14.5. The van der Waals surface area contributed by atoms with Gasteiger partial charge in [0, 0.05) is 89.4 Å². The summed E-state index contributed by atoms with van der Waals surface area (Å²) in [7, 11) is 1.89. The van der Waals surface area contributed by atoms with Crippen LogP contribution >= 0.6 is 0 Å². The van der Waals surface area contributed by atoms with Crippen LogP contribution in [0.25, 0.3) is 0 Å². The molecule has 46 heavy (non-hydrogen) atoms. The predicted octanol–water partition coefficient (Wildman–Crippen LogP) is 5.74. The number of amides is 1. The number of unbranched alkanes of at least 4 members (excludes halogenated alkanes) is 1. The lowest BCUT2D eigenvalue weighted by Gasteiger charge is -2.29. The Morgan fingerprint density at radius 3 is 2.22 bits per heavy atom. The summed E-state index contributed by atoms with van der Waals surface area (Å²) in [6, 6.07) is 7.79. The molecule has 0 unspecified atom stereocenters. The standard InChI is InChI=1S/C35H53N5O6/c1-3-30(41)26-45-23-7-21-43-19-4-5-20-44-22-8-24-46-31-15-13-29(14-16-31)38-35-37-25-32(27-11-12-27)33(39-35)36-17-18-40(2)34(42)28-9-6-10-28/h13-16,25,27-28H,3-12,17-24,26H2,1-2H3,(H2,36,37,38,39). The van der Waals surface area contributed by atoms with Gasteiger partial charge in [0.2, 0.25) is 11.9 Å². The number of carbonyl (C=O) groups excluding carboxylic acids is 2. The van der Waals surface area contributed by atoms with Crippen LogP contribution in [0.4, 0.5) is 17.5 Å². The molecule has 0 radical (unpaired) electrons. The number of hydrogen-bond acceptors (Lipinski definition) is 10. The molecule has 1 aromatic heterocycles. The van der Waals surface area contributed by atoms with Gasteiger partial charge in [-0.3, -0.25) is 9.59 Å². The summed E-state index contributed by atoms with van der Waals surface area (Å²) in [4.78, 5) is 34.8. The van der Waals surface area contributed by atoms with Gasteiger partial charge in [0.15, 0.2) is 5.78 Å². The Kier molecular flexibility index (Phi) is 15.5. The summed E-state index contributed by atoms with van der Waals surface area (Å²) in [6.07, 6.45) is 11.5. The molecule has 4 rings (SSSR count). The van der Waals surface area contributed by atoms with Crippen LogP contribution in [-0.4, -0.2) is 92.9 Å². The minimum atomic E-state index is 0.133. The lowest BCUT2D eigenvalue weighted by molar-refractivity contribution is -0.136. The van der Waals surface area contributed by atoms with Gasteiger partial charge in [-0.2, -0.15) is 4.98 Å². The van der Waals surface area contributed by atoms with Crippen LogP contribution in [0.3, 0.4) is 0 Å². The van der Waals surface area contributed by atoms with Crippen LogP contribution in [0.15, 0.2) is 30.5 Å². The minimum Gasteiger partial charge on any atom is -0.494 e. The van der Waals surface area contributed by atoms with Crippen molar-refractivity contribution in [3.8, 4) is 5.75 Å². The second kappa shape index (κ2) is 20.1. The van der Waals surface area contributed by atoms with E-state index >= 15 is 0 Å². The third-order valence-electron chi connectivity index (χ3n) is 8.28. The molecule has 0 saturated heterocycles. The number of ketones is 1. The molecule has 2 saturated carbocycles. The highest BCUT2D eigenvalue weighted by Gasteiger charge is 2.29. The Morgan fingerprint density at radius 2 is 1.57 bits per heavy atom. The minimum absolute atomic E-state index is 0.133. The second-order valence-corrected chi connectivity index (χ2v) is 12.2. The fraction of sp³-hybridized carbons (Fsp3) is 0.657. The molecule has 1 aromatic carbocycles. The topological polar surface area (TPSA) is 124 Å². The van der Waals surface area contributed by atoms with Crippen molar-refractivity contribution in [2.75, 3.05) is 77.0 Å². The monoisotopic (exact) mass is 639 g/mol. The maximum absolute atomic E-state index is 12.5. The Balaban J connectivity index is 1.05.